The lowest BCUT2D eigenvalue weighted by Gasteiger charge is -2.31. The number of hydrogen-bond donors (Lipinski definition) is 2. The molecular formula is C15H17Cl2NO2S. The van der Waals surface area contributed by atoms with Crippen molar-refractivity contribution in [3.05, 3.63) is 33.3 Å². The maximum Gasteiger partial charge on any atom is 0.252 e. The van der Waals surface area contributed by atoms with E-state index in [1.165, 1.54) is 0 Å². The third-order valence-corrected chi connectivity index (χ3v) is 6.17. The summed E-state index contributed by atoms with van der Waals surface area (Å²) in [5.41, 5.74) is 0.816. The highest BCUT2D eigenvalue weighted by Gasteiger charge is 2.39. The van der Waals surface area contributed by atoms with Crippen molar-refractivity contribution in [3.63, 3.8) is 0 Å². The van der Waals surface area contributed by atoms with Gasteiger partial charge in [0.15, 0.2) is 0 Å². The van der Waals surface area contributed by atoms with Crippen LogP contribution in [0.5, 0.6) is 0 Å². The minimum Gasteiger partial charge on any atom is -0.380 e. The second kappa shape index (κ2) is 5.99. The number of carbonyl (C=O) groups excluding carboxylic acids is 1. The molecule has 3 rings (SSSR count). The molecule has 0 aromatic heterocycles. The molecule has 1 fully saturated rings. The van der Waals surface area contributed by atoms with Crippen molar-refractivity contribution in [3.8, 4) is 0 Å². The van der Waals surface area contributed by atoms with Crippen LogP contribution in [0.15, 0.2) is 12.1 Å². The number of aliphatic hydroxyl groups is 1. The first-order valence-corrected chi connectivity index (χ1v) is 9.00. The van der Waals surface area contributed by atoms with E-state index in [1.807, 2.05) is 6.07 Å². The fourth-order valence-corrected chi connectivity index (χ4v) is 4.62. The van der Waals surface area contributed by atoms with Crippen LogP contribution in [-0.4, -0.2) is 28.1 Å². The Labute approximate surface area is 138 Å². The predicted molar refractivity (Wildman–Crippen MR) is 87.2 cm³/mol. The highest BCUT2D eigenvalue weighted by molar-refractivity contribution is 7.99. The van der Waals surface area contributed by atoms with Gasteiger partial charge < -0.3 is 10.4 Å². The van der Waals surface area contributed by atoms with Crippen LogP contribution < -0.4 is 5.32 Å². The Morgan fingerprint density at radius 3 is 2.76 bits per heavy atom. The van der Waals surface area contributed by atoms with Crippen molar-refractivity contribution in [2.24, 2.45) is 0 Å². The molecule has 1 atom stereocenters. The van der Waals surface area contributed by atoms with Gasteiger partial charge in [-0.3, -0.25) is 4.79 Å². The minimum absolute atomic E-state index is 0.0825. The Morgan fingerprint density at radius 1 is 1.33 bits per heavy atom. The summed E-state index contributed by atoms with van der Waals surface area (Å²) in [6.07, 6.45) is 2.63. The molecule has 1 aromatic rings. The fraction of sp³-hybridized carbons (Fsp3) is 0.533. The second-order valence-corrected chi connectivity index (χ2v) is 7.65. The van der Waals surface area contributed by atoms with E-state index < -0.39 is 5.60 Å². The van der Waals surface area contributed by atoms with Crippen LogP contribution in [-0.2, 0) is 11.2 Å². The van der Waals surface area contributed by atoms with Gasteiger partial charge in [0.05, 0.1) is 16.1 Å². The summed E-state index contributed by atoms with van der Waals surface area (Å²) in [6.45, 7) is 0. The third kappa shape index (κ3) is 2.91. The third-order valence-electron chi connectivity index (χ3n) is 4.34. The lowest BCUT2D eigenvalue weighted by molar-refractivity contribution is -0.141. The van der Waals surface area contributed by atoms with Crippen molar-refractivity contribution in [2.45, 2.75) is 37.3 Å². The highest BCUT2D eigenvalue weighted by atomic mass is 35.5. The van der Waals surface area contributed by atoms with Crippen molar-refractivity contribution in [1.82, 2.24) is 5.32 Å². The molecule has 2 N–H and O–H groups in total. The molecule has 21 heavy (non-hydrogen) atoms. The first-order valence-electron chi connectivity index (χ1n) is 7.09. The number of carbonyl (C=O) groups is 1. The molecular weight excluding hydrogens is 329 g/mol. The van der Waals surface area contributed by atoms with Gasteiger partial charge in [0.25, 0.3) is 5.91 Å². The maximum atomic E-state index is 12.4. The Hall–Kier alpha value is -0.420. The van der Waals surface area contributed by atoms with Gasteiger partial charge in [-0.15, -0.1) is 0 Å². The summed E-state index contributed by atoms with van der Waals surface area (Å²) in [4.78, 5) is 12.4. The topological polar surface area (TPSA) is 49.3 Å². The average molecular weight is 346 g/mol. The summed E-state index contributed by atoms with van der Waals surface area (Å²) in [7, 11) is 0. The summed E-state index contributed by atoms with van der Waals surface area (Å²) in [6, 6.07) is 3.60. The molecule has 1 aliphatic heterocycles. The van der Waals surface area contributed by atoms with Gasteiger partial charge in [-0.2, -0.15) is 11.8 Å². The Kier molecular flexibility index (Phi) is 4.42. The van der Waals surface area contributed by atoms with E-state index in [0.29, 0.717) is 22.9 Å². The van der Waals surface area contributed by atoms with Gasteiger partial charge in [-0.1, -0.05) is 29.3 Å². The van der Waals surface area contributed by atoms with E-state index in [9.17, 15) is 9.90 Å². The normalized spacial score (nSPS) is 23.7. The minimum atomic E-state index is -1.22. The van der Waals surface area contributed by atoms with Crippen LogP contribution in [0.4, 0.5) is 0 Å². The Balaban J connectivity index is 1.76. The Bertz CT molecular complexity index is 573. The van der Waals surface area contributed by atoms with Crippen molar-refractivity contribution >= 4 is 40.9 Å². The Morgan fingerprint density at radius 2 is 2.05 bits per heavy atom. The first kappa shape index (κ1) is 15.5. The van der Waals surface area contributed by atoms with Gasteiger partial charge in [0.1, 0.15) is 5.60 Å². The average Bonchev–Trinajstić information content (AvgIpc) is 2.87. The van der Waals surface area contributed by atoms with Crippen molar-refractivity contribution in [1.29, 1.82) is 0 Å². The number of amides is 1. The fourth-order valence-electron chi connectivity index (χ4n) is 3.01. The largest absolute Gasteiger partial charge is 0.380 e. The van der Waals surface area contributed by atoms with Crippen LogP contribution in [0.2, 0.25) is 10.0 Å². The van der Waals surface area contributed by atoms with E-state index in [2.05, 4.69) is 5.32 Å². The number of fused-ring (bicyclic) bond motifs is 1. The van der Waals surface area contributed by atoms with Crippen LogP contribution in [0.1, 0.15) is 36.4 Å². The van der Waals surface area contributed by atoms with E-state index in [4.69, 9.17) is 23.2 Å². The molecule has 114 valence electrons. The van der Waals surface area contributed by atoms with Crippen LogP contribution in [0.25, 0.3) is 0 Å². The molecule has 1 amide bonds. The van der Waals surface area contributed by atoms with Gasteiger partial charge in [0.2, 0.25) is 0 Å². The molecule has 0 spiro atoms. The summed E-state index contributed by atoms with van der Waals surface area (Å²) in [5, 5.41) is 14.6. The van der Waals surface area contributed by atoms with E-state index in [0.717, 1.165) is 35.5 Å². The van der Waals surface area contributed by atoms with Crippen LogP contribution in [0, 0.1) is 0 Å². The smallest absolute Gasteiger partial charge is 0.252 e. The maximum absolute atomic E-state index is 12.4. The molecule has 0 saturated carbocycles. The monoisotopic (exact) mass is 345 g/mol. The quantitative estimate of drug-likeness (QED) is 0.863. The van der Waals surface area contributed by atoms with Gasteiger partial charge in [-0.05, 0) is 54.4 Å². The van der Waals surface area contributed by atoms with Gasteiger partial charge in [0, 0.05) is 0 Å². The summed E-state index contributed by atoms with van der Waals surface area (Å²) in [5.74, 6) is 1.39. The predicted octanol–water partition coefficient (Wildman–Crippen LogP) is 3.36. The molecule has 6 heteroatoms. The van der Waals surface area contributed by atoms with E-state index >= 15 is 0 Å². The molecule has 3 nitrogen and oxygen atoms in total. The lowest BCUT2D eigenvalue weighted by Crippen LogP contribution is -2.49. The van der Waals surface area contributed by atoms with Crippen molar-refractivity contribution in [2.75, 3.05) is 11.5 Å². The number of benzene rings is 1. The lowest BCUT2D eigenvalue weighted by atomic mass is 9.95. The van der Waals surface area contributed by atoms with Crippen LogP contribution >= 0.6 is 35.0 Å². The zero-order valence-corrected chi connectivity index (χ0v) is 13.8. The first-order chi connectivity index (χ1) is 10.0. The van der Waals surface area contributed by atoms with Crippen molar-refractivity contribution < 1.29 is 9.90 Å². The zero-order chi connectivity index (χ0) is 15.0. The molecule has 0 bridgehead atoms. The molecule has 1 aliphatic carbocycles. The number of nitrogens with one attached hydrogen (secondary N) is 1. The highest BCUT2D eigenvalue weighted by Crippen LogP contribution is 2.39. The second-order valence-electron chi connectivity index (χ2n) is 5.64. The summed E-state index contributed by atoms with van der Waals surface area (Å²) < 4.78 is 0. The van der Waals surface area contributed by atoms with Gasteiger partial charge in [-0.25, -0.2) is 0 Å². The molecule has 1 aromatic carbocycles. The van der Waals surface area contributed by atoms with E-state index in [-0.39, 0.29) is 11.9 Å². The summed E-state index contributed by atoms with van der Waals surface area (Å²) >= 11 is 14.0. The van der Waals surface area contributed by atoms with Crippen LogP contribution in [0.3, 0.4) is 0 Å². The molecule has 0 radical (unpaired) electrons. The van der Waals surface area contributed by atoms with E-state index in [1.54, 1.807) is 17.8 Å². The van der Waals surface area contributed by atoms with Gasteiger partial charge >= 0.3 is 0 Å². The number of halogens is 2. The zero-order valence-electron chi connectivity index (χ0n) is 11.5. The molecule has 0 unspecified atom stereocenters. The number of rotatable bonds is 2. The molecule has 1 heterocycles. The molecule has 2 aliphatic rings. The standard InChI is InChI=1S/C15H17Cl2NO2S/c16-11-3-1-9-10(13(11)17)2-4-12(9)18-14(19)15(20)5-7-21-8-6-15/h1,3,12,20H,2,4-8H2,(H,18,19)/t12-/m1/s1. The number of hydrogen-bond acceptors (Lipinski definition) is 3. The SMILES string of the molecule is O=C(N[C@@H]1CCc2c1ccc(Cl)c2Cl)C1(O)CCSCC1. The number of thioether (sulfide) groups is 1. The molecule has 1 saturated heterocycles.